The fourth-order valence-corrected chi connectivity index (χ4v) is 4.62. The van der Waals surface area contributed by atoms with Gasteiger partial charge in [0, 0.05) is 12.4 Å². The summed E-state index contributed by atoms with van der Waals surface area (Å²) in [5.41, 5.74) is 0.675. The summed E-state index contributed by atoms with van der Waals surface area (Å²) >= 11 is 2.20. The van der Waals surface area contributed by atoms with Gasteiger partial charge in [0.15, 0.2) is 0 Å². The van der Waals surface area contributed by atoms with Crippen LogP contribution in [0.5, 0.6) is 0 Å². The Morgan fingerprint density at radius 1 is 1.45 bits per heavy atom. The van der Waals surface area contributed by atoms with E-state index in [1.807, 2.05) is 6.92 Å². The number of hydrogen-bond acceptors (Lipinski definition) is 6. The lowest BCUT2D eigenvalue weighted by atomic mass is 10.5. The molecule has 0 spiro atoms. The number of hydrogen-bond donors (Lipinski definition) is 1. The minimum Gasteiger partial charge on any atom is -0.477 e. The first-order valence-corrected chi connectivity index (χ1v) is 8.65. The number of carbonyl (C=O) groups is 1. The first kappa shape index (κ1) is 15.1. The Hall–Kier alpha value is -1.29. The molecule has 0 aliphatic rings. The van der Waals surface area contributed by atoms with E-state index in [1.165, 1.54) is 34.8 Å². The van der Waals surface area contributed by atoms with Crippen molar-refractivity contribution in [3.05, 3.63) is 33.1 Å². The highest BCUT2D eigenvalue weighted by atomic mass is 32.2. The van der Waals surface area contributed by atoms with Gasteiger partial charge in [0.2, 0.25) is 0 Å². The highest BCUT2D eigenvalue weighted by Gasteiger charge is 2.24. The SMILES string of the molecule is Cc1nc(CN(C)S(=O)(=O)c2ccc(C(=O)O)s2)cs1. The van der Waals surface area contributed by atoms with Crippen LogP contribution in [0.1, 0.15) is 20.4 Å². The maximum atomic E-state index is 12.3. The van der Waals surface area contributed by atoms with Gasteiger partial charge in [0.25, 0.3) is 10.0 Å². The summed E-state index contributed by atoms with van der Waals surface area (Å²) in [7, 11) is -2.24. The topological polar surface area (TPSA) is 87.6 Å². The molecule has 0 bridgehead atoms. The number of thiophene rings is 1. The quantitative estimate of drug-likeness (QED) is 0.905. The van der Waals surface area contributed by atoms with Crippen molar-refractivity contribution in [2.24, 2.45) is 0 Å². The van der Waals surface area contributed by atoms with Crippen LogP contribution in [0.2, 0.25) is 0 Å². The Bertz CT molecular complexity index is 732. The van der Waals surface area contributed by atoms with Crippen molar-refractivity contribution in [1.29, 1.82) is 0 Å². The van der Waals surface area contributed by atoms with E-state index >= 15 is 0 Å². The van der Waals surface area contributed by atoms with Crippen molar-refractivity contribution in [2.45, 2.75) is 17.7 Å². The molecule has 0 amide bonds. The predicted octanol–water partition coefficient (Wildman–Crippen LogP) is 2.03. The van der Waals surface area contributed by atoms with Gasteiger partial charge in [-0.2, -0.15) is 4.31 Å². The lowest BCUT2D eigenvalue weighted by Gasteiger charge is -2.14. The first-order valence-electron chi connectivity index (χ1n) is 5.51. The Kier molecular flexibility index (Phi) is 4.23. The molecule has 0 aromatic carbocycles. The summed E-state index contributed by atoms with van der Waals surface area (Å²) in [6.45, 7) is 2.01. The summed E-state index contributed by atoms with van der Waals surface area (Å²) < 4.78 is 25.8. The van der Waals surface area contributed by atoms with E-state index in [9.17, 15) is 13.2 Å². The fraction of sp³-hybridized carbons (Fsp3) is 0.273. The molecule has 0 unspecified atom stereocenters. The number of nitrogens with zero attached hydrogens (tertiary/aromatic N) is 2. The Balaban J connectivity index is 2.22. The van der Waals surface area contributed by atoms with Gasteiger partial charge in [-0.1, -0.05) is 0 Å². The second-order valence-electron chi connectivity index (χ2n) is 4.04. The maximum absolute atomic E-state index is 12.3. The minimum absolute atomic E-state index is 0.00137. The first-order chi connectivity index (χ1) is 9.30. The smallest absolute Gasteiger partial charge is 0.345 e. The van der Waals surface area contributed by atoms with Gasteiger partial charge in [-0.25, -0.2) is 18.2 Å². The lowest BCUT2D eigenvalue weighted by molar-refractivity contribution is 0.0702. The Labute approximate surface area is 124 Å². The molecule has 2 aromatic heterocycles. The van der Waals surface area contributed by atoms with Crippen LogP contribution in [-0.4, -0.2) is 35.8 Å². The molecule has 2 aromatic rings. The van der Waals surface area contributed by atoms with E-state index in [2.05, 4.69) is 4.98 Å². The fourth-order valence-electron chi connectivity index (χ4n) is 1.52. The van der Waals surface area contributed by atoms with Crippen LogP contribution in [0.4, 0.5) is 0 Å². The second kappa shape index (κ2) is 5.60. The van der Waals surface area contributed by atoms with Crippen molar-refractivity contribution >= 4 is 38.7 Å². The van der Waals surface area contributed by atoms with Gasteiger partial charge in [0.05, 0.1) is 17.2 Å². The van der Waals surface area contributed by atoms with Gasteiger partial charge < -0.3 is 5.11 Å². The summed E-state index contributed by atoms with van der Waals surface area (Å²) in [4.78, 5) is 15.0. The van der Waals surface area contributed by atoms with Crippen LogP contribution in [0, 0.1) is 6.92 Å². The molecular formula is C11H12N2O4S3. The molecule has 0 saturated heterocycles. The molecular weight excluding hydrogens is 320 g/mol. The molecule has 6 nitrogen and oxygen atoms in total. The number of sulfonamides is 1. The number of carboxylic acid groups (broad SMARTS) is 1. The molecule has 2 heterocycles. The van der Waals surface area contributed by atoms with E-state index in [0.29, 0.717) is 5.69 Å². The summed E-state index contributed by atoms with van der Waals surface area (Å²) in [6, 6.07) is 2.60. The largest absolute Gasteiger partial charge is 0.477 e. The molecule has 0 radical (unpaired) electrons. The molecule has 108 valence electrons. The molecule has 0 aliphatic carbocycles. The van der Waals surface area contributed by atoms with E-state index in [4.69, 9.17) is 5.11 Å². The molecule has 2 rings (SSSR count). The molecule has 1 N–H and O–H groups in total. The third kappa shape index (κ3) is 3.06. The molecule has 0 saturated carbocycles. The number of aromatic carboxylic acids is 1. The van der Waals surface area contributed by atoms with Gasteiger partial charge in [-0.3, -0.25) is 0 Å². The average Bonchev–Trinajstić information content (AvgIpc) is 2.98. The van der Waals surface area contributed by atoms with E-state index < -0.39 is 16.0 Å². The standard InChI is InChI=1S/C11H12N2O4S3/c1-7-12-8(6-18-7)5-13(2)20(16,17)10-4-3-9(19-10)11(14)15/h3-4,6H,5H2,1-2H3,(H,14,15). The Morgan fingerprint density at radius 2 is 2.15 bits per heavy atom. The zero-order valence-electron chi connectivity index (χ0n) is 10.7. The van der Waals surface area contributed by atoms with Crippen molar-refractivity contribution in [1.82, 2.24) is 9.29 Å². The summed E-state index contributed by atoms with van der Waals surface area (Å²) in [5, 5.41) is 11.5. The predicted molar refractivity (Wildman–Crippen MR) is 76.8 cm³/mol. The van der Waals surface area contributed by atoms with Gasteiger partial charge >= 0.3 is 5.97 Å². The van der Waals surface area contributed by atoms with Crippen LogP contribution in [0.15, 0.2) is 21.7 Å². The summed E-state index contributed by atoms with van der Waals surface area (Å²) in [6.07, 6.45) is 0. The van der Waals surface area contributed by atoms with Crippen molar-refractivity contribution in [3.8, 4) is 0 Å². The number of thiazole rings is 1. The van der Waals surface area contributed by atoms with Gasteiger partial charge in [-0.15, -0.1) is 22.7 Å². The maximum Gasteiger partial charge on any atom is 0.345 e. The summed E-state index contributed by atoms with van der Waals surface area (Å²) in [5.74, 6) is -1.13. The highest BCUT2D eigenvalue weighted by molar-refractivity contribution is 7.91. The van der Waals surface area contributed by atoms with Gasteiger partial charge in [-0.05, 0) is 19.1 Å². The van der Waals surface area contributed by atoms with Crippen LogP contribution in [0.25, 0.3) is 0 Å². The third-order valence-electron chi connectivity index (χ3n) is 2.51. The molecule has 9 heteroatoms. The number of rotatable bonds is 5. The van der Waals surface area contributed by atoms with Crippen LogP contribution >= 0.6 is 22.7 Å². The van der Waals surface area contributed by atoms with Crippen LogP contribution in [-0.2, 0) is 16.6 Å². The minimum atomic E-state index is -3.69. The van der Waals surface area contributed by atoms with Crippen molar-refractivity contribution < 1.29 is 18.3 Å². The third-order valence-corrected chi connectivity index (χ3v) is 6.67. The lowest BCUT2D eigenvalue weighted by Crippen LogP contribution is -2.25. The number of carboxylic acids is 1. The second-order valence-corrected chi connectivity index (χ2v) is 8.46. The Morgan fingerprint density at radius 3 is 2.65 bits per heavy atom. The zero-order valence-corrected chi connectivity index (χ0v) is 13.2. The molecule has 0 atom stereocenters. The number of aromatic nitrogens is 1. The normalized spacial score (nSPS) is 11.9. The number of aryl methyl sites for hydroxylation is 1. The highest BCUT2D eigenvalue weighted by Crippen LogP contribution is 2.25. The van der Waals surface area contributed by atoms with E-state index in [-0.39, 0.29) is 15.6 Å². The van der Waals surface area contributed by atoms with E-state index in [1.54, 1.807) is 5.38 Å². The van der Waals surface area contributed by atoms with Crippen LogP contribution in [0.3, 0.4) is 0 Å². The molecule has 0 fully saturated rings. The molecule has 20 heavy (non-hydrogen) atoms. The van der Waals surface area contributed by atoms with Crippen molar-refractivity contribution in [2.75, 3.05) is 7.05 Å². The molecule has 0 aliphatic heterocycles. The average molecular weight is 332 g/mol. The van der Waals surface area contributed by atoms with Crippen molar-refractivity contribution in [3.63, 3.8) is 0 Å². The monoisotopic (exact) mass is 332 g/mol. The van der Waals surface area contributed by atoms with Crippen LogP contribution < -0.4 is 0 Å². The zero-order chi connectivity index (χ0) is 14.9. The van der Waals surface area contributed by atoms with E-state index in [0.717, 1.165) is 16.3 Å². The van der Waals surface area contributed by atoms with Gasteiger partial charge in [0.1, 0.15) is 9.09 Å².